The van der Waals surface area contributed by atoms with E-state index < -0.39 is 85.7 Å². The number of rotatable bonds is 7. The minimum Gasteiger partial charge on any atom is -0.507 e. The molecule has 0 aliphatic carbocycles. The normalized spacial score (nSPS) is 36.0. The van der Waals surface area contributed by atoms with E-state index in [9.17, 15) is 45.6 Å². The summed E-state index contributed by atoms with van der Waals surface area (Å²) < 4.78 is 33.1. The van der Waals surface area contributed by atoms with Gasteiger partial charge in [-0.15, -0.1) is 0 Å². The third kappa shape index (κ3) is 6.08. The Kier molecular flexibility index (Phi) is 8.99. The molecular formula is C28H34O15. The Labute approximate surface area is 245 Å². The highest BCUT2D eigenvalue weighted by Gasteiger charge is 2.47. The molecule has 2 saturated heterocycles. The van der Waals surface area contributed by atoms with Gasteiger partial charge in [-0.3, -0.25) is 4.79 Å². The van der Waals surface area contributed by atoms with E-state index in [0.717, 1.165) is 6.07 Å². The lowest BCUT2D eigenvalue weighted by Crippen LogP contribution is -2.61. The summed E-state index contributed by atoms with van der Waals surface area (Å²) in [6, 6.07) is 6.90. The van der Waals surface area contributed by atoms with Gasteiger partial charge in [0.25, 0.3) is 0 Å². The second kappa shape index (κ2) is 12.4. The minimum atomic E-state index is -1.77. The van der Waals surface area contributed by atoms with Gasteiger partial charge in [0.1, 0.15) is 71.6 Å². The van der Waals surface area contributed by atoms with Gasteiger partial charge in [-0.25, -0.2) is 0 Å². The van der Waals surface area contributed by atoms with Gasteiger partial charge in [-0.1, -0.05) is 6.07 Å². The van der Waals surface area contributed by atoms with Crippen LogP contribution in [0.2, 0.25) is 0 Å². The lowest BCUT2D eigenvalue weighted by atomic mass is 9.95. The standard InChI is InChI=1S/C28H34O15/c1-10-21(32)23(34)25(36)27(40-10)39-9-19-22(33)24(35)26(37)28(43-19)41-12-6-14(30)20-15(31)8-17(42-18(20)7-12)11-3-4-16(38-2)13(29)5-11/h3-7,10,17,19,21-30,32-37H,8-9H2,1-2H3/t10-,17-,19?,21-,22+,23?,24?,25?,26-,27+,28+/m0/s1. The van der Waals surface area contributed by atoms with E-state index >= 15 is 0 Å². The predicted molar refractivity (Wildman–Crippen MR) is 141 cm³/mol. The van der Waals surface area contributed by atoms with Crippen molar-refractivity contribution in [1.29, 1.82) is 0 Å². The first-order chi connectivity index (χ1) is 20.4. The molecule has 8 N–H and O–H groups in total. The number of ketones is 1. The third-order valence-corrected chi connectivity index (χ3v) is 7.70. The molecule has 15 nitrogen and oxygen atoms in total. The average molecular weight is 611 g/mol. The first-order valence-electron chi connectivity index (χ1n) is 13.5. The van der Waals surface area contributed by atoms with Gasteiger partial charge in [-0.05, 0) is 24.6 Å². The highest BCUT2D eigenvalue weighted by molar-refractivity contribution is 6.02. The van der Waals surface area contributed by atoms with Gasteiger partial charge in [0.05, 0.1) is 26.2 Å². The van der Waals surface area contributed by atoms with E-state index in [2.05, 4.69) is 0 Å². The van der Waals surface area contributed by atoms with Gasteiger partial charge in [0.15, 0.2) is 23.6 Å². The van der Waals surface area contributed by atoms with Crippen molar-refractivity contribution in [3.05, 3.63) is 41.5 Å². The van der Waals surface area contributed by atoms with Crippen molar-refractivity contribution in [3.8, 4) is 28.7 Å². The molecular weight excluding hydrogens is 576 g/mol. The fourth-order valence-electron chi connectivity index (χ4n) is 5.20. The molecule has 43 heavy (non-hydrogen) atoms. The number of Topliss-reactive ketones (excluding diaryl/α,β-unsaturated/α-hetero) is 1. The molecule has 0 spiro atoms. The number of aliphatic hydroxyl groups is 6. The van der Waals surface area contributed by atoms with Crippen molar-refractivity contribution >= 4 is 5.78 Å². The van der Waals surface area contributed by atoms with Crippen LogP contribution in [0.4, 0.5) is 0 Å². The van der Waals surface area contributed by atoms with E-state index in [1.54, 1.807) is 6.07 Å². The molecule has 2 aromatic rings. The monoisotopic (exact) mass is 610 g/mol. The smallest absolute Gasteiger partial charge is 0.229 e. The molecule has 4 unspecified atom stereocenters. The van der Waals surface area contributed by atoms with Crippen LogP contribution in [-0.4, -0.2) is 122 Å². The number of phenolic OH excluding ortho intramolecular Hbond substituents is 2. The molecule has 0 amide bonds. The first-order valence-corrected chi connectivity index (χ1v) is 13.5. The summed E-state index contributed by atoms with van der Waals surface area (Å²) >= 11 is 0. The molecule has 2 fully saturated rings. The highest BCUT2D eigenvalue weighted by Crippen LogP contribution is 2.43. The summed E-state index contributed by atoms with van der Waals surface area (Å²) in [5.41, 5.74) is 0.373. The Morgan fingerprint density at radius 3 is 2.23 bits per heavy atom. The zero-order valence-corrected chi connectivity index (χ0v) is 23.1. The number of carbonyl (C=O) groups is 1. The molecule has 3 aliphatic rings. The van der Waals surface area contributed by atoms with Crippen LogP contribution in [0.25, 0.3) is 0 Å². The summed E-state index contributed by atoms with van der Waals surface area (Å²) in [4.78, 5) is 12.9. The average Bonchev–Trinajstić information content (AvgIpc) is 2.97. The number of hydrogen-bond acceptors (Lipinski definition) is 15. The van der Waals surface area contributed by atoms with Crippen LogP contribution in [-0.2, 0) is 14.2 Å². The van der Waals surface area contributed by atoms with E-state index in [0.29, 0.717) is 5.56 Å². The number of ether oxygens (including phenoxy) is 6. The number of fused-ring (bicyclic) bond motifs is 1. The number of hydrogen-bond donors (Lipinski definition) is 8. The van der Waals surface area contributed by atoms with Crippen molar-refractivity contribution in [1.82, 2.24) is 0 Å². The van der Waals surface area contributed by atoms with Crippen molar-refractivity contribution < 1.29 is 74.1 Å². The molecule has 5 rings (SSSR count). The maximum atomic E-state index is 12.9. The van der Waals surface area contributed by atoms with Crippen molar-refractivity contribution in [2.24, 2.45) is 0 Å². The van der Waals surface area contributed by atoms with Gasteiger partial charge in [-0.2, -0.15) is 0 Å². The molecule has 3 aliphatic heterocycles. The zero-order valence-electron chi connectivity index (χ0n) is 23.1. The first kappa shape index (κ1) is 31.2. The fraction of sp³-hybridized carbons (Fsp3) is 0.536. The molecule has 15 heteroatoms. The van der Waals surface area contributed by atoms with Gasteiger partial charge < -0.3 is 69.3 Å². The second-order valence-corrected chi connectivity index (χ2v) is 10.6. The maximum absolute atomic E-state index is 12.9. The summed E-state index contributed by atoms with van der Waals surface area (Å²) in [6.45, 7) is 0.964. The molecule has 2 aromatic carbocycles. The zero-order chi connectivity index (χ0) is 31.2. The van der Waals surface area contributed by atoms with E-state index in [-0.39, 0.29) is 35.0 Å². The van der Waals surface area contributed by atoms with Crippen LogP contribution < -0.4 is 14.2 Å². The molecule has 11 atom stereocenters. The van der Waals surface area contributed by atoms with Crippen LogP contribution in [0.15, 0.2) is 30.3 Å². The Bertz CT molecular complexity index is 1320. The van der Waals surface area contributed by atoms with Crippen LogP contribution in [0.5, 0.6) is 28.7 Å². The van der Waals surface area contributed by atoms with Crippen LogP contribution in [0, 0.1) is 0 Å². The van der Waals surface area contributed by atoms with Crippen molar-refractivity contribution in [3.63, 3.8) is 0 Å². The number of carbonyl (C=O) groups excluding carboxylic acids is 1. The third-order valence-electron chi connectivity index (χ3n) is 7.70. The SMILES string of the molecule is COc1ccc([C@@H]2CC(=O)c3c(O)cc(O[C@@H]4OC(CO[C@@H]5O[C@@H](C)[C@H](O)C(O)C5O)[C@@H](O)C(O)[C@@H]4O)cc3O2)cc1O. The minimum absolute atomic E-state index is 0.0457. The molecule has 0 bridgehead atoms. The maximum Gasteiger partial charge on any atom is 0.229 e. The summed E-state index contributed by atoms with van der Waals surface area (Å²) in [5.74, 6) is -0.999. The molecule has 3 heterocycles. The lowest BCUT2D eigenvalue weighted by Gasteiger charge is -2.42. The van der Waals surface area contributed by atoms with Crippen molar-refractivity contribution in [2.45, 2.75) is 80.9 Å². The van der Waals surface area contributed by atoms with Gasteiger partial charge in [0, 0.05) is 12.1 Å². The molecule has 0 aromatic heterocycles. The largest absolute Gasteiger partial charge is 0.507 e. The summed E-state index contributed by atoms with van der Waals surface area (Å²) in [5, 5.41) is 82.2. The number of phenols is 2. The van der Waals surface area contributed by atoms with Crippen LogP contribution >= 0.6 is 0 Å². The van der Waals surface area contributed by atoms with Crippen molar-refractivity contribution in [2.75, 3.05) is 13.7 Å². The Morgan fingerprint density at radius 2 is 1.53 bits per heavy atom. The predicted octanol–water partition coefficient (Wildman–Crippen LogP) is -1.16. The number of benzene rings is 2. The van der Waals surface area contributed by atoms with Gasteiger partial charge >= 0.3 is 0 Å². The van der Waals surface area contributed by atoms with E-state index in [4.69, 9.17) is 28.4 Å². The Hall–Kier alpha value is -3.25. The molecule has 0 radical (unpaired) electrons. The highest BCUT2D eigenvalue weighted by atomic mass is 16.7. The number of aromatic hydroxyl groups is 2. The molecule has 0 saturated carbocycles. The second-order valence-electron chi connectivity index (χ2n) is 10.6. The topological polar surface area (TPSA) is 234 Å². The lowest BCUT2D eigenvalue weighted by molar-refractivity contribution is -0.318. The van der Waals surface area contributed by atoms with Crippen LogP contribution in [0.1, 0.15) is 35.4 Å². The van der Waals surface area contributed by atoms with Gasteiger partial charge in [0.2, 0.25) is 6.29 Å². The van der Waals surface area contributed by atoms with E-state index in [1.807, 2.05) is 0 Å². The Balaban J connectivity index is 1.30. The fourth-order valence-corrected chi connectivity index (χ4v) is 5.20. The van der Waals surface area contributed by atoms with E-state index in [1.165, 1.54) is 32.2 Å². The number of aliphatic hydroxyl groups excluding tert-OH is 6. The quantitative estimate of drug-likeness (QED) is 0.185. The summed E-state index contributed by atoms with van der Waals surface area (Å²) in [6.07, 6.45) is -15.9. The summed E-state index contributed by atoms with van der Waals surface area (Å²) in [7, 11) is 1.39. The Morgan fingerprint density at radius 1 is 0.837 bits per heavy atom. The van der Waals surface area contributed by atoms with Crippen LogP contribution in [0.3, 0.4) is 0 Å². The molecule has 236 valence electrons. The number of methoxy groups -OCH3 is 1.